The first-order chi connectivity index (χ1) is 5.77. The molecule has 1 aliphatic rings. The van der Waals surface area contributed by atoms with Crippen LogP contribution in [-0.4, -0.2) is 10.8 Å². The van der Waals surface area contributed by atoms with Crippen LogP contribution in [0.1, 0.15) is 17.5 Å². The fourth-order valence-corrected chi connectivity index (χ4v) is 2.07. The van der Waals surface area contributed by atoms with Gasteiger partial charge in [0.1, 0.15) is 5.78 Å². The van der Waals surface area contributed by atoms with Gasteiger partial charge in [-0.25, -0.2) is 0 Å². The summed E-state index contributed by atoms with van der Waals surface area (Å²) in [5, 5.41) is 0. The average Bonchev–Trinajstić information content (AvgIpc) is 2.04. The predicted molar refractivity (Wildman–Crippen MR) is 49.0 cm³/mol. The van der Waals surface area contributed by atoms with Crippen LogP contribution in [0.5, 0.6) is 0 Å². The number of nitrogens with zero attached hydrogens (tertiary/aromatic N) is 1. The van der Waals surface area contributed by atoms with E-state index in [0.29, 0.717) is 18.6 Å². The van der Waals surface area contributed by atoms with Crippen LogP contribution in [0, 0.1) is 0 Å². The Balaban J connectivity index is 2.48. The maximum atomic E-state index is 11.1. The highest BCUT2D eigenvalue weighted by Crippen LogP contribution is 2.25. The van der Waals surface area contributed by atoms with Crippen molar-refractivity contribution in [2.75, 3.05) is 0 Å². The van der Waals surface area contributed by atoms with Crippen molar-refractivity contribution in [2.45, 2.75) is 19.3 Å². The highest BCUT2D eigenvalue weighted by Gasteiger charge is 2.17. The topological polar surface area (TPSA) is 30.0 Å². The van der Waals surface area contributed by atoms with Gasteiger partial charge in [0.05, 0.1) is 0 Å². The number of Topliss-reactive ketones (excluding diaryl/α,β-unsaturated/α-hetero) is 1. The number of carbonyl (C=O) groups excluding carboxylic acids is 1. The van der Waals surface area contributed by atoms with E-state index in [9.17, 15) is 4.79 Å². The molecule has 0 bridgehead atoms. The number of ketones is 1. The highest BCUT2D eigenvalue weighted by atomic mass is 79.9. The minimum Gasteiger partial charge on any atom is -0.299 e. The van der Waals surface area contributed by atoms with Crippen LogP contribution >= 0.6 is 15.9 Å². The monoisotopic (exact) mass is 225 g/mol. The number of pyridine rings is 1. The quantitative estimate of drug-likeness (QED) is 0.676. The van der Waals surface area contributed by atoms with Crippen LogP contribution in [0.3, 0.4) is 0 Å². The number of hydrogen-bond acceptors (Lipinski definition) is 2. The second-order valence-corrected chi connectivity index (χ2v) is 3.83. The van der Waals surface area contributed by atoms with Gasteiger partial charge in [0.15, 0.2) is 0 Å². The van der Waals surface area contributed by atoms with Crippen molar-refractivity contribution in [3.05, 3.63) is 28.0 Å². The first kappa shape index (κ1) is 7.92. The van der Waals surface area contributed by atoms with E-state index < -0.39 is 0 Å². The molecular weight excluding hydrogens is 218 g/mol. The van der Waals surface area contributed by atoms with Gasteiger partial charge in [0, 0.05) is 29.7 Å². The summed E-state index contributed by atoms with van der Waals surface area (Å²) in [4.78, 5) is 15.1. The third-order valence-corrected chi connectivity index (χ3v) is 2.82. The molecule has 0 amide bonds. The van der Waals surface area contributed by atoms with Gasteiger partial charge in [-0.2, -0.15) is 0 Å². The van der Waals surface area contributed by atoms with Crippen LogP contribution < -0.4 is 0 Å². The Labute approximate surface area is 79.1 Å². The Kier molecular flexibility index (Phi) is 1.97. The predicted octanol–water partition coefficient (Wildman–Crippen LogP) is 1.90. The fraction of sp³-hybridized carbons (Fsp3) is 0.333. The van der Waals surface area contributed by atoms with Crippen molar-refractivity contribution in [3.63, 3.8) is 0 Å². The molecule has 3 heteroatoms. The molecule has 1 aromatic rings. The second kappa shape index (κ2) is 2.98. The third kappa shape index (κ3) is 1.29. The lowest BCUT2D eigenvalue weighted by molar-refractivity contribution is -0.118. The average molecular weight is 226 g/mol. The number of rotatable bonds is 0. The van der Waals surface area contributed by atoms with Crippen LogP contribution in [-0.2, 0) is 17.6 Å². The van der Waals surface area contributed by atoms with Crippen LogP contribution in [0.2, 0.25) is 0 Å². The molecule has 0 aromatic carbocycles. The normalized spacial score (nSPS) is 15.9. The van der Waals surface area contributed by atoms with Gasteiger partial charge >= 0.3 is 0 Å². The van der Waals surface area contributed by atoms with E-state index in [-0.39, 0.29) is 0 Å². The lowest BCUT2D eigenvalue weighted by Crippen LogP contribution is -2.13. The molecule has 0 saturated heterocycles. The highest BCUT2D eigenvalue weighted by molar-refractivity contribution is 9.10. The molecule has 0 N–H and O–H groups in total. The zero-order valence-electron chi connectivity index (χ0n) is 6.51. The zero-order valence-corrected chi connectivity index (χ0v) is 8.10. The molecule has 0 atom stereocenters. The molecule has 0 radical (unpaired) electrons. The first-order valence-electron chi connectivity index (χ1n) is 3.90. The molecule has 1 aliphatic carbocycles. The summed E-state index contributed by atoms with van der Waals surface area (Å²) in [6, 6.07) is 0. The van der Waals surface area contributed by atoms with Gasteiger partial charge in [-0.3, -0.25) is 9.78 Å². The minimum absolute atomic E-state index is 0.322. The van der Waals surface area contributed by atoms with Crippen molar-refractivity contribution < 1.29 is 4.79 Å². The largest absolute Gasteiger partial charge is 0.299 e. The van der Waals surface area contributed by atoms with E-state index in [0.717, 1.165) is 16.5 Å². The zero-order chi connectivity index (χ0) is 8.55. The number of halogens is 1. The molecule has 0 saturated carbocycles. The molecule has 12 heavy (non-hydrogen) atoms. The smallest absolute Gasteiger partial charge is 0.137 e. The fourth-order valence-electron chi connectivity index (χ4n) is 1.50. The Morgan fingerprint density at radius 1 is 1.33 bits per heavy atom. The number of carbonyl (C=O) groups is 1. The van der Waals surface area contributed by atoms with Gasteiger partial charge in [-0.05, 0) is 33.5 Å². The Morgan fingerprint density at radius 2 is 2.17 bits per heavy atom. The molecule has 1 heterocycles. The van der Waals surface area contributed by atoms with E-state index >= 15 is 0 Å². The minimum atomic E-state index is 0.322. The van der Waals surface area contributed by atoms with Crippen LogP contribution in [0.25, 0.3) is 0 Å². The van der Waals surface area contributed by atoms with E-state index in [4.69, 9.17) is 0 Å². The van der Waals surface area contributed by atoms with Crippen molar-refractivity contribution in [1.82, 2.24) is 4.98 Å². The summed E-state index contributed by atoms with van der Waals surface area (Å²) < 4.78 is 1.03. The van der Waals surface area contributed by atoms with E-state index in [1.165, 1.54) is 5.56 Å². The maximum Gasteiger partial charge on any atom is 0.137 e. The molecule has 0 aliphatic heterocycles. The lowest BCUT2D eigenvalue weighted by atomic mass is 9.93. The van der Waals surface area contributed by atoms with Crippen molar-refractivity contribution in [2.24, 2.45) is 0 Å². The second-order valence-electron chi connectivity index (χ2n) is 2.97. The first-order valence-corrected chi connectivity index (χ1v) is 4.69. The summed E-state index contributed by atoms with van der Waals surface area (Å²) in [7, 11) is 0. The number of aromatic nitrogens is 1. The summed E-state index contributed by atoms with van der Waals surface area (Å²) in [5.74, 6) is 0.322. The Morgan fingerprint density at radius 3 is 3.00 bits per heavy atom. The van der Waals surface area contributed by atoms with Gasteiger partial charge in [-0.15, -0.1) is 0 Å². The van der Waals surface area contributed by atoms with Crippen LogP contribution in [0.4, 0.5) is 0 Å². The van der Waals surface area contributed by atoms with E-state index in [1.54, 1.807) is 12.4 Å². The number of hydrogen-bond donors (Lipinski definition) is 0. The maximum absolute atomic E-state index is 11.1. The SMILES string of the molecule is O=C1CCc2c(Br)cncc2C1. The molecular formula is C9H8BrNO. The Bertz CT molecular complexity index is 335. The standard InChI is InChI=1S/C9H8BrNO/c10-9-5-11-4-6-3-7(12)1-2-8(6)9/h4-5H,1-3H2. The molecule has 62 valence electrons. The molecule has 2 rings (SSSR count). The third-order valence-electron chi connectivity index (χ3n) is 2.14. The Hall–Kier alpha value is -0.700. The van der Waals surface area contributed by atoms with E-state index in [2.05, 4.69) is 20.9 Å². The molecule has 2 nitrogen and oxygen atoms in total. The van der Waals surface area contributed by atoms with E-state index in [1.807, 2.05) is 0 Å². The van der Waals surface area contributed by atoms with Crippen LogP contribution in [0.15, 0.2) is 16.9 Å². The van der Waals surface area contributed by atoms with Gasteiger partial charge < -0.3 is 0 Å². The molecule has 0 spiro atoms. The van der Waals surface area contributed by atoms with Crippen molar-refractivity contribution in [1.29, 1.82) is 0 Å². The number of fused-ring (bicyclic) bond motifs is 1. The molecule has 0 fully saturated rings. The summed E-state index contributed by atoms with van der Waals surface area (Å²) in [6.07, 6.45) is 5.67. The van der Waals surface area contributed by atoms with Gasteiger partial charge in [0.2, 0.25) is 0 Å². The van der Waals surface area contributed by atoms with Gasteiger partial charge in [0.25, 0.3) is 0 Å². The van der Waals surface area contributed by atoms with Crippen molar-refractivity contribution in [3.8, 4) is 0 Å². The summed E-state index contributed by atoms with van der Waals surface area (Å²) in [6.45, 7) is 0. The van der Waals surface area contributed by atoms with Gasteiger partial charge in [-0.1, -0.05) is 0 Å². The summed E-state index contributed by atoms with van der Waals surface area (Å²) >= 11 is 3.43. The molecule has 0 unspecified atom stereocenters. The molecule has 1 aromatic heterocycles. The van der Waals surface area contributed by atoms with Crippen molar-refractivity contribution >= 4 is 21.7 Å². The summed E-state index contributed by atoms with van der Waals surface area (Å²) in [5.41, 5.74) is 2.34. The lowest BCUT2D eigenvalue weighted by Gasteiger charge is -2.14.